The van der Waals surface area contributed by atoms with Crippen molar-refractivity contribution in [2.75, 3.05) is 39.5 Å². The van der Waals surface area contributed by atoms with Crippen molar-refractivity contribution in [3.05, 3.63) is 17.5 Å². The quantitative estimate of drug-likeness (QED) is 0.679. The summed E-state index contributed by atoms with van der Waals surface area (Å²) in [5.74, 6) is 0.136. The van der Waals surface area contributed by atoms with Crippen LogP contribution in [0.15, 0.2) is 6.07 Å². The fourth-order valence-corrected chi connectivity index (χ4v) is 4.12. The van der Waals surface area contributed by atoms with E-state index in [1.54, 1.807) is 4.68 Å². The average Bonchev–Trinajstić information content (AvgIpc) is 2.96. The van der Waals surface area contributed by atoms with Crippen molar-refractivity contribution in [3.8, 4) is 0 Å². The van der Waals surface area contributed by atoms with Crippen LogP contribution < -0.4 is 0 Å². The summed E-state index contributed by atoms with van der Waals surface area (Å²) < 4.78 is 19.3. The van der Waals surface area contributed by atoms with Gasteiger partial charge in [0.2, 0.25) is 5.91 Å². The molecule has 0 saturated carbocycles. The van der Waals surface area contributed by atoms with Crippen molar-refractivity contribution in [1.82, 2.24) is 14.7 Å². The topological polar surface area (TPSA) is 65.8 Å². The Labute approximate surface area is 161 Å². The third-order valence-corrected chi connectivity index (χ3v) is 5.65. The number of carbonyl (C=O) groups is 1. The van der Waals surface area contributed by atoms with Crippen molar-refractivity contribution in [2.24, 2.45) is 0 Å². The van der Waals surface area contributed by atoms with Crippen LogP contribution in [-0.4, -0.2) is 71.8 Å². The number of ether oxygens (including phenoxy) is 3. The summed E-state index contributed by atoms with van der Waals surface area (Å²) in [5.41, 5.74) is 1.84. The molecule has 1 aromatic rings. The molecular weight excluding hydrogens is 346 g/mol. The first-order chi connectivity index (χ1) is 13.0. The molecule has 2 aliphatic heterocycles. The number of rotatable bonds is 7. The van der Waals surface area contributed by atoms with Gasteiger partial charge in [-0.3, -0.25) is 9.48 Å². The Balaban J connectivity index is 1.47. The SMILES string of the molecule is CCOCCOC1CCOC2(CCN(C(=O)Cn3nc(C)cc3C)CC2)C1. The van der Waals surface area contributed by atoms with Crippen LogP contribution in [0.2, 0.25) is 0 Å². The Hall–Kier alpha value is -1.44. The maximum Gasteiger partial charge on any atom is 0.244 e. The van der Waals surface area contributed by atoms with Crippen LogP contribution in [0.25, 0.3) is 0 Å². The molecule has 7 nitrogen and oxygen atoms in total. The van der Waals surface area contributed by atoms with Crippen LogP contribution in [-0.2, 0) is 25.5 Å². The summed E-state index contributed by atoms with van der Waals surface area (Å²) in [4.78, 5) is 14.6. The summed E-state index contributed by atoms with van der Waals surface area (Å²) in [6.45, 7) is 10.5. The minimum absolute atomic E-state index is 0.135. The highest BCUT2D eigenvalue weighted by Gasteiger charge is 2.41. The number of likely N-dealkylation sites (tertiary alicyclic amines) is 1. The summed E-state index contributed by atoms with van der Waals surface area (Å²) in [5, 5.41) is 4.40. The Morgan fingerprint density at radius 1 is 1.33 bits per heavy atom. The normalized spacial score (nSPS) is 22.3. The van der Waals surface area contributed by atoms with E-state index in [1.165, 1.54) is 0 Å². The van der Waals surface area contributed by atoms with Crippen molar-refractivity contribution in [2.45, 2.75) is 64.7 Å². The molecule has 1 spiro atoms. The molecule has 0 N–H and O–H groups in total. The summed E-state index contributed by atoms with van der Waals surface area (Å²) >= 11 is 0. The Kier molecular flexibility index (Phi) is 6.89. The van der Waals surface area contributed by atoms with Gasteiger partial charge in [-0.25, -0.2) is 0 Å². The maximum atomic E-state index is 12.7. The van der Waals surface area contributed by atoms with Gasteiger partial charge in [-0.15, -0.1) is 0 Å². The number of carbonyl (C=O) groups excluding carboxylic acids is 1. The van der Waals surface area contributed by atoms with E-state index < -0.39 is 0 Å². The number of hydrogen-bond donors (Lipinski definition) is 0. The molecule has 2 aliphatic rings. The molecule has 0 aromatic carbocycles. The first-order valence-corrected chi connectivity index (χ1v) is 10.1. The van der Waals surface area contributed by atoms with Gasteiger partial charge in [0.25, 0.3) is 0 Å². The Morgan fingerprint density at radius 3 is 2.78 bits per heavy atom. The molecule has 2 fully saturated rings. The lowest BCUT2D eigenvalue weighted by atomic mass is 9.83. The predicted octanol–water partition coefficient (Wildman–Crippen LogP) is 2.09. The third-order valence-electron chi connectivity index (χ3n) is 5.65. The fraction of sp³-hybridized carbons (Fsp3) is 0.800. The zero-order chi connectivity index (χ0) is 19.3. The van der Waals surface area contributed by atoms with Gasteiger partial charge in [0.15, 0.2) is 0 Å². The molecule has 0 radical (unpaired) electrons. The third kappa shape index (κ3) is 5.30. The fourth-order valence-electron chi connectivity index (χ4n) is 4.12. The van der Waals surface area contributed by atoms with Crippen molar-refractivity contribution >= 4 is 5.91 Å². The summed E-state index contributed by atoms with van der Waals surface area (Å²) in [6.07, 6.45) is 3.84. The smallest absolute Gasteiger partial charge is 0.244 e. The van der Waals surface area contributed by atoms with Gasteiger partial charge in [0.05, 0.1) is 30.6 Å². The van der Waals surface area contributed by atoms with E-state index in [9.17, 15) is 4.79 Å². The Morgan fingerprint density at radius 2 is 2.11 bits per heavy atom. The first kappa shape index (κ1) is 20.3. The van der Waals surface area contributed by atoms with Gasteiger partial charge >= 0.3 is 0 Å². The van der Waals surface area contributed by atoms with Crippen LogP contribution in [0.4, 0.5) is 0 Å². The second-order valence-corrected chi connectivity index (χ2v) is 7.68. The number of piperidine rings is 1. The largest absolute Gasteiger partial charge is 0.379 e. The minimum Gasteiger partial charge on any atom is -0.379 e. The van der Waals surface area contributed by atoms with E-state index in [1.807, 2.05) is 31.7 Å². The zero-order valence-electron chi connectivity index (χ0n) is 16.9. The van der Waals surface area contributed by atoms with E-state index in [2.05, 4.69) is 5.10 Å². The highest BCUT2D eigenvalue weighted by Crippen LogP contribution is 2.36. The molecule has 1 aromatic heterocycles. The molecule has 1 atom stereocenters. The van der Waals surface area contributed by atoms with Crippen LogP contribution in [0.3, 0.4) is 0 Å². The van der Waals surface area contributed by atoms with E-state index in [0.717, 1.165) is 63.4 Å². The molecule has 0 aliphatic carbocycles. The second kappa shape index (κ2) is 9.17. The highest BCUT2D eigenvalue weighted by molar-refractivity contribution is 5.76. The van der Waals surface area contributed by atoms with Crippen molar-refractivity contribution in [3.63, 3.8) is 0 Å². The minimum atomic E-state index is -0.135. The van der Waals surface area contributed by atoms with E-state index in [0.29, 0.717) is 19.8 Å². The maximum absolute atomic E-state index is 12.7. The lowest BCUT2D eigenvalue weighted by Gasteiger charge is -2.46. The second-order valence-electron chi connectivity index (χ2n) is 7.68. The van der Waals surface area contributed by atoms with Gasteiger partial charge in [0.1, 0.15) is 6.54 Å². The molecule has 27 heavy (non-hydrogen) atoms. The number of aromatic nitrogens is 2. The van der Waals surface area contributed by atoms with E-state index in [4.69, 9.17) is 14.2 Å². The van der Waals surface area contributed by atoms with Gasteiger partial charge in [0, 0.05) is 38.4 Å². The molecule has 3 heterocycles. The monoisotopic (exact) mass is 379 g/mol. The average molecular weight is 380 g/mol. The van der Waals surface area contributed by atoms with Crippen LogP contribution in [0.5, 0.6) is 0 Å². The van der Waals surface area contributed by atoms with Gasteiger partial charge in [-0.2, -0.15) is 5.10 Å². The highest BCUT2D eigenvalue weighted by atomic mass is 16.5. The van der Waals surface area contributed by atoms with E-state index in [-0.39, 0.29) is 17.6 Å². The standard InChI is InChI=1S/C20H33N3O4/c1-4-25-11-12-26-18-5-10-27-20(14-18)6-8-22(9-7-20)19(24)15-23-17(3)13-16(2)21-23/h13,18H,4-12,14-15H2,1-3H3. The molecule has 1 unspecified atom stereocenters. The number of hydrogen-bond acceptors (Lipinski definition) is 5. The first-order valence-electron chi connectivity index (χ1n) is 10.1. The zero-order valence-corrected chi connectivity index (χ0v) is 16.9. The lowest BCUT2D eigenvalue weighted by Crippen LogP contribution is -2.52. The molecule has 7 heteroatoms. The van der Waals surface area contributed by atoms with Crippen LogP contribution >= 0.6 is 0 Å². The van der Waals surface area contributed by atoms with Crippen molar-refractivity contribution in [1.29, 1.82) is 0 Å². The molecule has 152 valence electrons. The molecule has 2 saturated heterocycles. The molecule has 3 rings (SSSR count). The summed E-state index contributed by atoms with van der Waals surface area (Å²) in [6, 6.07) is 2.00. The van der Waals surface area contributed by atoms with Crippen molar-refractivity contribution < 1.29 is 19.0 Å². The van der Waals surface area contributed by atoms with E-state index >= 15 is 0 Å². The number of nitrogens with zero attached hydrogens (tertiary/aromatic N) is 3. The molecule has 0 bridgehead atoms. The Bertz CT molecular complexity index is 623. The predicted molar refractivity (Wildman–Crippen MR) is 102 cm³/mol. The van der Waals surface area contributed by atoms with Gasteiger partial charge in [-0.05, 0) is 46.1 Å². The summed E-state index contributed by atoms with van der Waals surface area (Å²) in [7, 11) is 0. The van der Waals surface area contributed by atoms with Crippen LogP contribution in [0.1, 0.15) is 44.0 Å². The lowest BCUT2D eigenvalue weighted by molar-refractivity contribution is -0.163. The number of amides is 1. The molecular formula is C20H33N3O4. The van der Waals surface area contributed by atoms with Gasteiger partial charge < -0.3 is 19.1 Å². The molecule has 1 amide bonds. The van der Waals surface area contributed by atoms with Gasteiger partial charge in [-0.1, -0.05) is 0 Å². The number of aryl methyl sites for hydroxylation is 2. The van der Waals surface area contributed by atoms with Crippen LogP contribution in [0, 0.1) is 13.8 Å².